The summed E-state index contributed by atoms with van der Waals surface area (Å²) in [6.07, 6.45) is 5.55. The fourth-order valence-corrected chi connectivity index (χ4v) is 2.48. The van der Waals surface area contributed by atoms with Crippen molar-refractivity contribution in [2.45, 2.75) is 40.0 Å². The second-order valence-corrected chi connectivity index (χ2v) is 4.77. The second kappa shape index (κ2) is 8.92. The van der Waals surface area contributed by atoms with Crippen molar-refractivity contribution < 1.29 is 4.74 Å². The lowest BCUT2D eigenvalue weighted by Gasteiger charge is -2.33. The zero-order valence-electron chi connectivity index (χ0n) is 12.9. The zero-order chi connectivity index (χ0) is 14.1. The largest absolute Gasteiger partial charge is 0.384 e. The highest BCUT2D eigenvalue weighted by Gasteiger charge is 2.20. The maximum absolute atomic E-state index is 5.26. The Kier molecular flexibility index (Phi) is 7.49. The Hall–Kier alpha value is -1.09. The maximum atomic E-state index is 5.26. The van der Waals surface area contributed by atoms with E-state index in [0.29, 0.717) is 5.92 Å². The number of aryl methyl sites for hydroxylation is 1. The van der Waals surface area contributed by atoms with Crippen LogP contribution in [0.2, 0.25) is 0 Å². The monoisotopic (exact) mass is 264 g/mol. The number of methoxy groups -OCH3 is 1. The van der Waals surface area contributed by atoms with Crippen LogP contribution >= 0.6 is 0 Å². The molecule has 2 rings (SSSR count). The van der Waals surface area contributed by atoms with Gasteiger partial charge in [-0.2, -0.15) is 0 Å². The van der Waals surface area contributed by atoms with Crippen molar-refractivity contribution in [1.29, 1.82) is 0 Å². The van der Waals surface area contributed by atoms with E-state index >= 15 is 0 Å². The van der Waals surface area contributed by atoms with Crippen molar-refractivity contribution >= 4 is 5.69 Å². The van der Waals surface area contributed by atoms with Crippen molar-refractivity contribution in [2.75, 3.05) is 31.7 Å². The summed E-state index contributed by atoms with van der Waals surface area (Å²) < 4.78 is 5.26. The van der Waals surface area contributed by atoms with Gasteiger partial charge in [-0.3, -0.25) is 4.98 Å². The number of ether oxygens (including phenoxy) is 1. The van der Waals surface area contributed by atoms with Gasteiger partial charge in [-0.15, -0.1) is 0 Å². The van der Waals surface area contributed by atoms with Crippen LogP contribution in [0.1, 0.15) is 39.3 Å². The Labute approximate surface area is 118 Å². The van der Waals surface area contributed by atoms with Gasteiger partial charge in [-0.25, -0.2) is 0 Å². The van der Waals surface area contributed by atoms with E-state index in [4.69, 9.17) is 4.74 Å². The summed E-state index contributed by atoms with van der Waals surface area (Å²) >= 11 is 0. The molecular weight excluding hydrogens is 236 g/mol. The summed E-state index contributed by atoms with van der Waals surface area (Å²) in [4.78, 5) is 6.90. The van der Waals surface area contributed by atoms with Gasteiger partial charge in [0.15, 0.2) is 0 Å². The third kappa shape index (κ3) is 4.83. The summed E-state index contributed by atoms with van der Waals surface area (Å²) in [5.74, 6) is 0.666. The van der Waals surface area contributed by atoms with E-state index in [1.807, 2.05) is 20.0 Å². The second-order valence-electron chi connectivity index (χ2n) is 4.77. The van der Waals surface area contributed by atoms with Crippen molar-refractivity contribution in [3.8, 4) is 0 Å². The molecule has 1 aliphatic rings. The standard InChI is InChI=1S/C14H22N2O.C2H6/c1-3-13-6-7-14(9-15-13)16-8-4-5-12(10-16)11-17-2;1-2/h6-7,9,12H,3-5,8,10-11H2,1-2H3;1-2H3. The molecule has 1 fully saturated rings. The minimum atomic E-state index is 0.666. The predicted octanol–water partition coefficient (Wildman–Crippen LogP) is 3.53. The topological polar surface area (TPSA) is 25.4 Å². The fraction of sp³-hybridized carbons (Fsp3) is 0.688. The normalized spacial score (nSPS) is 18.7. The molecule has 0 bridgehead atoms. The number of hydrogen-bond acceptors (Lipinski definition) is 3. The minimum absolute atomic E-state index is 0.666. The molecule has 0 spiro atoms. The quantitative estimate of drug-likeness (QED) is 0.832. The highest BCUT2D eigenvalue weighted by Crippen LogP contribution is 2.22. The molecule has 0 N–H and O–H groups in total. The van der Waals surface area contributed by atoms with Crippen LogP contribution in [0, 0.1) is 5.92 Å². The van der Waals surface area contributed by atoms with Crippen molar-refractivity contribution in [2.24, 2.45) is 5.92 Å². The molecule has 0 amide bonds. The van der Waals surface area contributed by atoms with E-state index < -0.39 is 0 Å². The van der Waals surface area contributed by atoms with Crippen molar-refractivity contribution in [3.05, 3.63) is 24.0 Å². The molecule has 0 radical (unpaired) electrons. The van der Waals surface area contributed by atoms with E-state index in [-0.39, 0.29) is 0 Å². The molecule has 0 aromatic carbocycles. The number of pyridine rings is 1. The van der Waals surface area contributed by atoms with Gasteiger partial charge < -0.3 is 9.64 Å². The number of hydrogen-bond donors (Lipinski definition) is 0. The van der Waals surface area contributed by atoms with Crippen LogP contribution in [0.3, 0.4) is 0 Å². The van der Waals surface area contributed by atoms with Crippen LogP contribution in [0.15, 0.2) is 18.3 Å². The first-order chi connectivity index (χ1) is 9.33. The van der Waals surface area contributed by atoms with E-state index in [1.165, 1.54) is 24.2 Å². The molecule has 1 saturated heterocycles. The first-order valence-corrected chi connectivity index (χ1v) is 7.52. The van der Waals surface area contributed by atoms with Crippen molar-refractivity contribution in [1.82, 2.24) is 4.98 Å². The Morgan fingerprint density at radius 2 is 2.16 bits per heavy atom. The number of nitrogens with zero attached hydrogens (tertiary/aromatic N) is 2. The number of aromatic nitrogens is 1. The highest BCUT2D eigenvalue weighted by atomic mass is 16.5. The van der Waals surface area contributed by atoms with Gasteiger partial charge in [-0.1, -0.05) is 20.8 Å². The summed E-state index contributed by atoms with van der Waals surface area (Å²) in [7, 11) is 1.79. The molecule has 19 heavy (non-hydrogen) atoms. The van der Waals surface area contributed by atoms with Gasteiger partial charge in [0.2, 0.25) is 0 Å². The molecule has 1 unspecified atom stereocenters. The van der Waals surface area contributed by atoms with Crippen LogP contribution < -0.4 is 4.90 Å². The smallest absolute Gasteiger partial charge is 0.0553 e. The molecule has 3 heteroatoms. The average molecular weight is 264 g/mol. The Morgan fingerprint density at radius 1 is 1.37 bits per heavy atom. The molecule has 1 aliphatic heterocycles. The van der Waals surface area contributed by atoms with Crippen LogP contribution in [0.4, 0.5) is 5.69 Å². The Balaban J connectivity index is 0.000000861. The SMILES string of the molecule is CC.CCc1ccc(N2CCCC(COC)C2)cn1. The summed E-state index contributed by atoms with van der Waals surface area (Å²) in [5, 5.41) is 0. The molecule has 1 aromatic heterocycles. The molecule has 1 atom stereocenters. The first-order valence-electron chi connectivity index (χ1n) is 7.52. The lowest BCUT2D eigenvalue weighted by atomic mass is 9.98. The summed E-state index contributed by atoms with van der Waals surface area (Å²) in [6, 6.07) is 4.33. The minimum Gasteiger partial charge on any atom is -0.384 e. The van der Waals surface area contributed by atoms with Gasteiger partial charge in [0.1, 0.15) is 0 Å². The van der Waals surface area contributed by atoms with E-state index in [1.54, 1.807) is 7.11 Å². The molecule has 108 valence electrons. The Bertz CT molecular complexity index is 335. The lowest BCUT2D eigenvalue weighted by Crippen LogP contribution is -2.37. The van der Waals surface area contributed by atoms with E-state index in [2.05, 4.69) is 28.9 Å². The van der Waals surface area contributed by atoms with Gasteiger partial charge in [-0.05, 0) is 37.3 Å². The van der Waals surface area contributed by atoms with Gasteiger partial charge >= 0.3 is 0 Å². The molecule has 0 saturated carbocycles. The maximum Gasteiger partial charge on any atom is 0.0553 e. The molecule has 3 nitrogen and oxygen atoms in total. The van der Waals surface area contributed by atoms with Crippen molar-refractivity contribution in [3.63, 3.8) is 0 Å². The molecule has 0 aliphatic carbocycles. The lowest BCUT2D eigenvalue weighted by molar-refractivity contribution is 0.143. The van der Waals surface area contributed by atoms with E-state index in [9.17, 15) is 0 Å². The summed E-state index contributed by atoms with van der Waals surface area (Å²) in [5.41, 5.74) is 2.42. The third-order valence-electron chi connectivity index (χ3n) is 3.46. The van der Waals surface area contributed by atoms with E-state index in [0.717, 1.165) is 26.1 Å². The van der Waals surface area contributed by atoms with Crippen LogP contribution in [0.25, 0.3) is 0 Å². The number of piperidine rings is 1. The molecular formula is C16H28N2O. The van der Waals surface area contributed by atoms with Crippen LogP contribution in [-0.2, 0) is 11.2 Å². The Morgan fingerprint density at radius 3 is 2.74 bits per heavy atom. The molecule has 2 heterocycles. The summed E-state index contributed by atoms with van der Waals surface area (Å²) in [6.45, 7) is 9.25. The number of rotatable bonds is 4. The van der Waals surface area contributed by atoms with Gasteiger partial charge in [0.05, 0.1) is 18.5 Å². The fourth-order valence-electron chi connectivity index (χ4n) is 2.48. The van der Waals surface area contributed by atoms with Crippen LogP contribution in [-0.4, -0.2) is 31.8 Å². The predicted molar refractivity (Wildman–Crippen MR) is 81.8 cm³/mol. The first kappa shape index (κ1) is 16.0. The van der Waals surface area contributed by atoms with Gasteiger partial charge in [0, 0.05) is 25.9 Å². The number of anilines is 1. The molecule has 1 aromatic rings. The average Bonchev–Trinajstić information content (AvgIpc) is 2.50. The zero-order valence-corrected chi connectivity index (χ0v) is 12.9. The van der Waals surface area contributed by atoms with Gasteiger partial charge in [0.25, 0.3) is 0 Å². The highest BCUT2D eigenvalue weighted by molar-refractivity contribution is 5.45. The van der Waals surface area contributed by atoms with Crippen LogP contribution in [0.5, 0.6) is 0 Å². The third-order valence-corrected chi connectivity index (χ3v) is 3.46.